The van der Waals surface area contributed by atoms with Gasteiger partial charge in [0.1, 0.15) is 5.54 Å². The molecule has 0 radical (unpaired) electrons. The first kappa shape index (κ1) is 16.5. The maximum absolute atomic E-state index is 13.0. The smallest absolute Gasteiger partial charge is 0.231 e. The van der Waals surface area contributed by atoms with Crippen LogP contribution >= 0.6 is 0 Å². The summed E-state index contributed by atoms with van der Waals surface area (Å²) in [7, 11) is 4.81. The van der Waals surface area contributed by atoms with Crippen molar-refractivity contribution in [1.29, 1.82) is 0 Å². The van der Waals surface area contributed by atoms with Gasteiger partial charge in [-0.25, -0.2) is 0 Å². The lowest BCUT2D eigenvalue weighted by molar-refractivity contribution is -0.131. The van der Waals surface area contributed by atoms with Crippen molar-refractivity contribution >= 4 is 11.7 Å². The number of carbonyl (C=O) groups excluding carboxylic acids is 2. The van der Waals surface area contributed by atoms with Crippen molar-refractivity contribution in [3.05, 3.63) is 34.8 Å². The molecule has 2 unspecified atom stereocenters. The molecule has 1 saturated heterocycles. The van der Waals surface area contributed by atoms with Crippen LogP contribution in [0.25, 0.3) is 0 Å². The summed E-state index contributed by atoms with van der Waals surface area (Å²) in [6.45, 7) is 0.186. The summed E-state index contributed by atoms with van der Waals surface area (Å²) in [6, 6.07) is 3.95. The Morgan fingerprint density at radius 2 is 1.81 bits per heavy atom. The molecule has 142 valence electrons. The molecular weight excluding hydrogens is 350 g/mol. The fourth-order valence-electron chi connectivity index (χ4n) is 5.66. The molecular formula is C20H21NO6. The molecule has 0 spiro atoms. The number of benzene rings is 1. The van der Waals surface area contributed by atoms with Crippen molar-refractivity contribution in [3.63, 3.8) is 0 Å². The molecule has 0 bridgehead atoms. The lowest BCUT2D eigenvalue weighted by Crippen LogP contribution is -2.62. The Morgan fingerprint density at radius 1 is 1.07 bits per heavy atom. The first-order valence-corrected chi connectivity index (χ1v) is 9.04. The van der Waals surface area contributed by atoms with Crippen LogP contribution in [-0.4, -0.2) is 50.2 Å². The number of amides is 1. The minimum atomic E-state index is -0.737. The highest BCUT2D eigenvalue weighted by atomic mass is 16.7. The number of rotatable bonds is 2. The minimum Gasteiger partial charge on any atom is -0.495 e. The van der Waals surface area contributed by atoms with E-state index in [2.05, 4.69) is 0 Å². The van der Waals surface area contributed by atoms with E-state index >= 15 is 0 Å². The van der Waals surface area contributed by atoms with Gasteiger partial charge in [-0.05, 0) is 36.1 Å². The summed E-state index contributed by atoms with van der Waals surface area (Å²) in [5.41, 5.74) is 0.646. The molecule has 1 aromatic rings. The minimum absolute atomic E-state index is 0.000204. The third-order valence-electron chi connectivity index (χ3n) is 6.77. The first-order valence-electron chi connectivity index (χ1n) is 9.04. The predicted molar refractivity (Wildman–Crippen MR) is 93.4 cm³/mol. The number of hydrogen-bond acceptors (Lipinski definition) is 6. The topological polar surface area (TPSA) is 74.3 Å². The number of likely N-dealkylation sites (N-methyl/N-ethyl adjacent to an activating group) is 1. The van der Waals surface area contributed by atoms with E-state index in [1.54, 1.807) is 11.9 Å². The molecule has 0 aromatic heterocycles. The fraction of sp³-hybridized carbons (Fsp3) is 0.500. The summed E-state index contributed by atoms with van der Waals surface area (Å²) in [6.07, 6.45) is 1.85. The molecule has 1 aromatic carbocycles. The number of nitrogens with zero attached hydrogens (tertiary/aromatic N) is 1. The summed E-state index contributed by atoms with van der Waals surface area (Å²) < 4.78 is 22.3. The maximum atomic E-state index is 13.0. The van der Waals surface area contributed by atoms with Gasteiger partial charge in [0.05, 0.1) is 14.2 Å². The average Bonchev–Trinajstić information content (AvgIpc) is 3.20. The van der Waals surface area contributed by atoms with E-state index < -0.39 is 11.0 Å². The van der Waals surface area contributed by atoms with E-state index in [9.17, 15) is 9.59 Å². The molecule has 2 aliphatic carbocycles. The Bertz CT molecular complexity index is 921. The van der Waals surface area contributed by atoms with E-state index in [4.69, 9.17) is 18.9 Å². The van der Waals surface area contributed by atoms with Crippen molar-refractivity contribution < 1.29 is 28.5 Å². The van der Waals surface area contributed by atoms with Crippen LogP contribution in [0.1, 0.15) is 30.4 Å². The van der Waals surface area contributed by atoms with Gasteiger partial charge in [0.15, 0.2) is 17.3 Å². The number of allylic oxidation sites excluding steroid dienone is 1. The zero-order valence-corrected chi connectivity index (χ0v) is 15.6. The van der Waals surface area contributed by atoms with Crippen LogP contribution in [0.3, 0.4) is 0 Å². The zero-order valence-electron chi connectivity index (χ0n) is 15.6. The van der Waals surface area contributed by atoms with Crippen LogP contribution in [0.4, 0.5) is 0 Å². The quantitative estimate of drug-likeness (QED) is 0.788. The molecule has 0 saturated carbocycles. The van der Waals surface area contributed by atoms with Gasteiger partial charge in [-0.3, -0.25) is 9.59 Å². The zero-order chi connectivity index (χ0) is 19.0. The lowest BCUT2D eigenvalue weighted by atomic mass is 9.54. The summed E-state index contributed by atoms with van der Waals surface area (Å²) >= 11 is 0. The molecule has 27 heavy (non-hydrogen) atoms. The standard InChI is InChI=1S/C20H21NO6/c1-21-16(23)9-19-8-13(22)17(24-2)18(25-3)20(19,21)5-4-11-6-14-15(7-12(11)19)27-10-26-14/h6-7H,4-5,8-10H2,1-3H3. The summed E-state index contributed by atoms with van der Waals surface area (Å²) in [4.78, 5) is 27.7. The number of ether oxygens (including phenoxy) is 4. The number of aryl methyl sites for hydroxylation is 1. The van der Waals surface area contributed by atoms with Gasteiger partial charge in [0.2, 0.25) is 24.2 Å². The van der Waals surface area contributed by atoms with E-state index in [-0.39, 0.29) is 37.1 Å². The molecule has 7 heteroatoms. The van der Waals surface area contributed by atoms with Gasteiger partial charge in [-0.1, -0.05) is 0 Å². The highest BCUT2D eigenvalue weighted by molar-refractivity contribution is 6.00. The van der Waals surface area contributed by atoms with Crippen LogP contribution in [0.5, 0.6) is 11.5 Å². The molecule has 5 rings (SSSR count). The second-order valence-electron chi connectivity index (χ2n) is 7.60. The molecule has 2 atom stereocenters. The Hall–Kier alpha value is -2.70. The average molecular weight is 371 g/mol. The van der Waals surface area contributed by atoms with Gasteiger partial charge in [-0.2, -0.15) is 0 Å². The number of fused-ring (bicyclic) bond motifs is 2. The Balaban J connectivity index is 1.83. The van der Waals surface area contributed by atoms with Crippen molar-refractivity contribution in [1.82, 2.24) is 4.90 Å². The monoisotopic (exact) mass is 371 g/mol. The van der Waals surface area contributed by atoms with Crippen LogP contribution < -0.4 is 9.47 Å². The van der Waals surface area contributed by atoms with E-state index in [1.807, 2.05) is 12.1 Å². The highest BCUT2D eigenvalue weighted by Crippen LogP contribution is 2.62. The number of Topliss-reactive ketones (excluding diaryl/α,β-unsaturated/α-hetero) is 1. The van der Waals surface area contributed by atoms with Gasteiger partial charge in [0.25, 0.3) is 0 Å². The number of carbonyl (C=O) groups is 2. The van der Waals surface area contributed by atoms with Crippen molar-refractivity contribution in [2.45, 2.75) is 36.6 Å². The second-order valence-corrected chi connectivity index (χ2v) is 7.60. The second kappa shape index (κ2) is 5.18. The summed E-state index contributed by atoms with van der Waals surface area (Å²) in [5, 5.41) is 0. The molecule has 4 aliphatic rings. The van der Waals surface area contributed by atoms with E-state index in [0.29, 0.717) is 17.9 Å². The van der Waals surface area contributed by atoms with Gasteiger partial charge in [-0.15, -0.1) is 0 Å². The van der Waals surface area contributed by atoms with E-state index in [0.717, 1.165) is 23.3 Å². The van der Waals surface area contributed by atoms with Gasteiger partial charge >= 0.3 is 0 Å². The normalized spacial score (nSPS) is 30.9. The number of ketones is 1. The Kier molecular flexibility index (Phi) is 3.16. The highest BCUT2D eigenvalue weighted by Gasteiger charge is 2.70. The van der Waals surface area contributed by atoms with Crippen molar-refractivity contribution in [2.75, 3.05) is 28.1 Å². The molecule has 2 aliphatic heterocycles. The number of methoxy groups -OCH3 is 2. The first-order chi connectivity index (χ1) is 13.0. The largest absolute Gasteiger partial charge is 0.495 e. The van der Waals surface area contributed by atoms with Gasteiger partial charge in [0, 0.05) is 25.3 Å². The third kappa shape index (κ3) is 1.72. The lowest BCUT2D eigenvalue weighted by Gasteiger charge is -2.54. The van der Waals surface area contributed by atoms with Crippen LogP contribution in [0.2, 0.25) is 0 Å². The Morgan fingerprint density at radius 3 is 2.52 bits per heavy atom. The van der Waals surface area contributed by atoms with Crippen LogP contribution in [0.15, 0.2) is 23.7 Å². The van der Waals surface area contributed by atoms with E-state index in [1.165, 1.54) is 14.2 Å². The number of hydrogen-bond donors (Lipinski definition) is 0. The molecule has 1 fully saturated rings. The Labute approximate surface area is 156 Å². The maximum Gasteiger partial charge on any atom is 0.231 e. The van der Waals surface area contributed by atoms with Crippen LogP contribution in [0, 0.1) is 0 Å². The van der Waals surface area contributed by atoms with Gasteiger partial charge < -0.3 is 23.8 Å². The van der Waals surface area contributed by atoms with Crippen LogP contribution in [-0.2, 0) is 30.9 Å². The van der Waals surface area contributed by atoms with Crippen molar-refractivity contribution in [2.24, 2.45) is 0 Å². The fourth-order valence-corrected chi connectivity index (χ4v) is 5.66. The SMILES string of the molecule is COC1=C(OC)C23CCc4cc5c(cc4C2(CC1=O)CC(=O)N3C)OCO5. The number of likely N-dealkylation sites (tertiary alicyclic amines) is 1. The molecule has 1 amide bonds. The third-order valence-corrected chi connectivity index (χ3v) is 6.77. The summed E-state index contributed by atoms with van der Waals surface area (Å²) in [5.74, 6) is 1.92. The molecule has 0 N–H and O–H groups in total. The van der Waals surface area contributed by atoms with Crippen molar-refractivity contribution in [3.8, 4) is 11.5 Å². The predicted octanol–water partition coefficient (Wildman–Crippen LogP) is 1.68. The molecule has 2 heterocycles. The molecule has 7 nitrogen and oxygen atoms in total.